The number of hydrogen-bond acceptors (Lipinski definition) is 3. The Hall–Kier alpha value is -1.40. The molecule has 0 amide bonds. The lowest BCUT2D eigenvalue weighted by Crippen LogP contribution is -1.93. The van der Waals surface area contributed by atoms with E-state index in [2.05, 4.69) is 0 Å². The molecule has 0 radical (unpaired) electrons. The Labute approximate surface area is 84.5 Å². The van der Waals surface area contributed by atoms with E-state index < -0.39 is 13.8 Å². The van der Waals surface area contributed by atoms with Gasteiger partial charge in [0.05, 0.1) is 5.56 Å². The third kappa shape index (κ3) is 8.92. The molecule has 7 nitrogen and oxygen atoms in total. The Morgan fingerprint density at radius 1 is 1.07 bits per heavy atom. The van der Waals surface area contributed by atoms with Crippen LogP contribution in [0.25, 0.3) is 0 Å². The van der Waals surface area contributed by atoms with Gasteiger partial charge in [-0.2, -0.15) is 0 Å². The zero-order valence-electron chi connectivity index (χ0n) is 7.31. The second-order valence-electron chi connectivity index (χ2n) is 2.37. The molecule has 1 aromatic rings. The molecule has 0 fully saturated rings. The monoisotopic (exact) mass is 236 g/mol. The van der Waals surface area contributed by atoms with Gasteiger partial charge in [-0.05, 0) is 24.3 Å². The third-order valence-electron chi connectivity index (χ3n) is 1.11. The molecule has 1 rings (SSSR count). The Bertz CT molecular complexity index is 357. The molecule has 5 N–H and O–H groups in total. The molecule has 8 heteroatoms. The Morgan fingerprint density at radius 3 is 1.67 bits per heavy atom. The lowest BCUT2D eigenvalue weighted by molar-refractivity contribution is 0.0697. The van der Waals surface area contributed by atoms with Crippen molar-refractivity contribution in [3.63, 3.8) is 0 Å². The van der Waals surface area contributed by atoms with Crippen LogP contribution >= 0.6 is 7.82 Å². The lowest BCUT2D eigenvalue weighted by Gasteiger charge is -1.92. The second kappa shape index (κ2) is 5.47. The average Bonchev–Trinajstić information content (AvgIpc) is 2.01. The quantitative estimate of drug-likeness (QED) is 0.438. The predicted octanol–water partition coefficient (Wildman–Crippen LogP) is 0.162. The lowest BCUT2D eigenvalue weighted by atomic mass is 10.2. The maximum Gasteiger partial charge on any atom is 0.466 e. The number of aromatic carboxylic acids is 1. The highest BCUT2D eigenvalue weighted by atomic mass is 31.2. The summed E-state index contributed by atoms with van der Waals surface area (Å²) >= 11 is 0. The van der Waals surface area contributed by atoms with Gasteiger partial charge in [-0.15, -0.1) is 0 Å². The van der Waals surface area contributed by atoms with Gasteiger partial charge in [0.2, 0.25) is 0 Å². The van der Waals surface area contributed by atoms with Crippen LogP contribution in [0.1, 0.15) is 10.4 Å². The highest BCUT2D eigenvalue weighted by Gasteiger charge is 2.00. The van der Waals surface area contributed by atoms with Crippen LogP contribution in [0, 0.1) is 0 Å². The summed E-state index contributed by atoms with van der Waals surface area (Å²) in [6.45, 7) is 0. The second-order valence-corrected chi connectivity index (χ2v) is 3.39. The van der Waals surface area contributed by atoms with Crippen molar-refractivity contribution < 1.29 is 34.3 Å². The van der Waals surface area contributed by atoms with Crippen LogP contribution in [0.5, 0.6) is 5.75 Å². The topological polar surface area (TPSA) is 135 Å². The van der Waals surface area contributed by atoms with Gasteiger partial charge >= 0.3 is 13.8 Å². The first kappa shape index (κ1) is 13.6. The summed E-state index contributed by atoms with van der Waals surface area (Å²) in [6.07, 6.45) is 0. The minimum atomic E-state index is -4.64. The van der Waals surface area contributed by atoms with Gasteiger partial charge in [0, 0.05) is 0 Å². The van der Waals surface area contributed by atoms with E-state index in [0.29, 0.717) is 0 Å². The molecule has 15 heavy (non-hydrogen) atoms. The standard InChI is InChI=1S/C7H6O3.H3O4P/c8-6-3-1-5(2-4-6)7(9)10;1-5(2,3)4/h1-4,8H,(H,9,10);(H3,1,2,3,4). The molecule has 0 bridgehead atoms. The molecule has 0 unspecified atom stereocenters. The molecule has 0 aliphatic rings. The summed E-state index contributed by atoms with van der Waals surface area (Å²) in [7, 11) is -4.64. The molecule has 0 aliphatic heterocycles. The van der Waals surface area contributed by atoms with Crippen LogP contribution in [0.3, 0.4) is 0 Å². The summed E-state index contributed by atoms with van der Waals surface area (Å²) in [5, 5.41) is 17.1. The number of aromatic hydroxyl groups is 1. The summed E-state index contributed by atoms with van der Waals surface area (Å²) in [4.78, 5) is 31.8. The van der Waals surface area contributed by atoms with Crippen molar-refractivity contribution in [3.8, 4) is 5.75 Å². The normalized spacial score (nSPS) is 10.1. The minimum Gasteiger partial charge on any atom is -0.508 e. The van der Waals surface area contributed by atoms with Crippen LogP contribution in [0.4, 0.5) is 0 Å². The number of carbonyl (C=O) groups is 1. The SMILES string of the molecule is O=C(O)c1ccc(O)cc1.O=P(O)(O)O. The van der Waals surface area contributed by atoms with E-state index in [1.54, 1.807) is 0 Å². The molecule has 0 aromatic heterocycles. The molecule has 0 saturated heterocycles. The van der Waals surface area contributed by atoms with Crippen molar-refractivity contribution in [2.75, 3.05) is 0 Å². The zero-order chi connectivity index (χ0) is 12.1. The van der Waals surface area contributed by atoms with Crippen LogP contribution in [-0.4, -0.2) is 30.9 Å². The van der Waals surface area contributed by atoms with Crippen molar-refractivity contribution in [3.05, 3.63) is 29.8 Å². The molecular weight excluding hydrogens is 227 g/mol. The van der Waals surface area contributed by atoms with Crippen LogP contribution in [0.2, 0.25) is 0 Å². The fourth-order valence-corrected chi connectivity index (χ4v) is 0.604. The number of phenols is 1. The van der Waals surface area contributed by atoms with E-state index >= 15 is 0 Å². The Morgan fingerprint density at radius 2 is 1.40 bits per heavy atom. The van der Waals surface area contributed by atoms with Crippen molar-refractivity contribution in [1.82, 2.24) is 0 Å². The maximum absolute atomic E-state index is 10.2. The molecule has 0 spiro atoms. The maximum atomic E-state index is 10.2. The summed E-state index contributed by atoms with van der Waals surface area (Å²) in [5.74, 6) is -0.912. The van der Waals surface area contributed by atoms with Gasteiger partial charge in [0.15, 0.2) is 0 Å². The number of carboxylic acid groups (broad SMARTS) is 1. The van der Waals surface area contributed by atoms with Crippen molar-refractivity contribution in [1.29, 1.82) is 0 Å². The first-order valence-corrected chi connectivity index (χ1v) is 5.07. The number of benzene rings is 1. The van der Waals surface area contributed by atoms with E-state index in [1.807, 2.05) is 0 Å². The molecule has 0 saturated carbocycles. The minimum absolute atomic E-state index is 0.0741. The van der Waals surface area contributed by atoms with E-state index in [0.717, 1.165) is 0 Å². The fraction of sp³-hybridized carbons (Fsp3) is 0. The van der Waals surface area contributed by atoms with Gasteiger partial charge in [-0.1, -0.05) is 0 Å². The molecule has 1 aromatic carbocycles. The number of rotatable bonds is 1. The van der Waals surface area contributed by atoms with E-state index in [4.69, 9.17) is 29.5 Å². The largest absolute Gasteiger partial charge is 0.508 e. The fourth-order valence-electron chi connectivity index (χ4n) is 0.604. The number of carboxylic acids is 1. The molecule has 84 valence electrons. The van der Waals surface area contributed by atoms with Crippen molar-refractivity contribution in [2.45, 2.75) is 0 Å². The molecule has 0 heterocycles. The van der Waals surface area contributed by atoms with Crippen LogP contribution in [0.15, 0.2) is 24.3 Å². The van der Waals surface area contributed by atoms with E-state index in [1.165, 1.54) is 24.3 Å². The smallest absolute Gasteiger partial charge is 0.466 e. The first-order valence-electron chi connectivity index (χ1n) is 3.51. The van der Waals surface area contributed by atoms with Gasteiger partial charge in [-0.3, -0.25) is 0 Å². The van der Waals surface area contributed by atoms with Gasteiger partial charge in [0.25, 0.3) is 0 Å². The number of phenolic OH excluding ortho intramolecular Hbond substituents is 1. The Balaban J connectivity index is 0.000000336. The zero-order valence-corrected chi connectivity index (χ0v) is 8.20. The van der Waals surface area contributed by atoms with Gasteiger partial charge in [0.1, 0.15) is 5.75 Å². The third-order valence-corrected chi connectivity index (χ3v) is 1.11. The van der Waals surface area contributed by atoms with Crippen LogP contribution in [-0.2, 0) is 4.57 Å². The molecular formula is C7H9O7P. The van der Waals surface area contributed by atoms with Crippen LogP contribution < -0.4 is 0 Å². The highest BCUT2D eigenvalue weighted by molar-refractivity contribution is 7.45. The van der Waals surface area contributed by atoms with Crippen molar-refractivity contribution in [2.24, 2.45) is 0 Å². The first-order chi connectivity index (χ1) is 6.70. The van der Waals surface area contributed by atoms with E-state index in [9.17, 15) is 4.79 Å². The summed E-state index contributed by atoms with van der Waals surface area (Å²) < 4.78 is 8.88. The summed E-state index contributed by atoms with van der Waals surface area (Å²) in [5.41, 5.74) is 0.179. The van der Waals surface area contributed by atoms with Gasteiger partial charge < -0.3 is 24.9 Å². The number of phosphoric acid groups is 1. The predicted molar refractivity (Wildman–Crippen MR) is 49.3 cm³/mol. The average molecular weight is 236 g/mol. The molecule has 0 atom stereocenters. The summed E-state index contributed by atoms with van der Waals surface area (Å²) in [6, 6.07) is 5.36. The van der Waals surface area contributed by atoms with E-state index in [-0.39, 0.29) is 11.3 Å². The Kier molecular flexibility index (Phi) is 4.96. The highest BCUT2D eigenvalue weighted by Crippen LogP contribution is 2.25. The molecule has 0 aliphatic carbocycles. The number of hydrogen-bond donors (Lipinski definition) is 5. The van der Waals surface area contributed by atoms with Gasteiger partial charge in [-0.25, -0.2) is 9.36 Å². The van der Waals surface area contributed by atoms with Crippen molar-refractivity contribution >= 4 is 13.8 Å².